The second kappa shape index (κ2) is 3.82. The Bertz CT molecular complexity index is 566. The average Bonchev–Trinajstić information content (AvgIpc) is 2.78. The first-order valence-corrected chi connectivity index (χ1v) is 4.25. The van der Waals surface area contributed by atoms with E-state index in [1.165, 1.54) is 12.3 Å². The lowest BCUT2D eigenvalue weighted by Gasteiger charge is -1.96. The van der Waals surface area contributed by atoms with E-state index < -0.39 is 5.97 Å². The van der Waals surface area contributed by atoms with Gasteiger partial charge in [0.05, 0.1) is 0 Å². The molecule has 0 radical (unpaired) electrons. The van der Waals surface area contributed by atoms with E-state index in [-0.39, 0.29) is 17.1 Å². The van der Waals surface area contributed by atoms with Crippen molar-refractivity contribution in [3.8, 4) is 17.4 Å². The molecule has 78 valence electrons. The summed E-state index contributed by atoms with van der Waals surface area (Å²) < 4.78 is 4.97. The molecule has 2 aromatic heterocycles. The minimum atomic E-state index is -1.17. The molecule has 0 bridgehead atoms. The number of oxazole rings is 1. The van der Waals surface area contributed by atoms with E-state index in [1.54, 1.807) is 6.07 Å². The second-order valence-corrected chi connectivity index (χ2v) is 2.88. The van der Waals surface area contributed by atoms with E-state index >= 15 is 0 Å². The lowest BCUT2D eigenvalue weighted by Crippen LogP contribution is -1.98. The molecule has 0 aromatic carbocycles. The Morgan fingerprint density at radius 1 is 1.44 bits per heavy atom. The third kappa shape index (κ3) is 1.62. The fourth-order valence-corrected chi connectivity index (χ4v) is 1.20. The van der Waals surface area contributed by atoms with Gasteiger partial charge in [0, 0.05) is 11.8 Å². The Morgan fingerprint density at radius 2 is 2.25 bits per heavy atom. The quantitative estimate of drug-likeness (QED) is 0.810. The molecule has 6 heteroatoms. The van der Waals surface area contributed by atoms with E-state index in [2.05, 4.69) is 9.97 Å². The summed E-state index contributed by atoms with van der Waals surface area (Å²) >= 11 is 0. The highest BCUT2D eigenvalue weighted by Gasteiger charge is 2.17. The number of carboxylic acid groups (broad SMARTS) is 1. The maximum Gasteiger partial charge on any atom is 0.358 e. The number of hydrogen-bond acceptors (Lipinski definition) is 5. The van der Waals surface area contributed by atoms with Crippen molar-refractivity contribution in [2.24, 2.45) is 0 Å². The maximum absolute atomic E-state index is 10.8. The molecule has 1 N–H and O–H groups in total. The third-order valence-corrected chi connectivity index (χ3v) is 1.91. The first kappa shape index (κ1) is 9.86. The van der Waals surface area contributed by atoms with Gasteiger partial charge < -0.3 is 9.52 Å². The number of nitriles is 1. The summed E-state index contributed by atoms with van der Waals surface area (Å²) in [6.45, 7) is 0. The van der Waals surface area contributed by atoms with Crippen LogP contribution in [0, 0.1) is 11.3 Å². The number of nitrogens with zero attached hydrogens (tertiary/aromatic N) is 3. The number of hydrogen-bond donors (Lipinski definition) is 1. The van der Waals surface area contributed by atoms with Crippen molar-refractivity contribution in [3.63, 3.8) is 0 Å². The van der Waals surface area contributed by atoms with E-state index in [1.807, 2.05) is 6.07 Å². The van der Waals surface area contributed by atoms with Crippen LogP contribution in [-0.4, -0.2) is 21.0 Å². The van der Waals surface area contributed by atoms with Gasteiger partial charge in [0.15, 0.2) is 17.8 Å². The molecule has 0 unspecified atom stereocenters. The number of pyridine rings is 1. The van der Waals surface area contributed by atoms with Crippen LogP contribution in [0.15, 0.2) is 29.1 Å². The van der Waals surface area contributed by atoms with E-state index in [4.69, 9.17) is 14.8 Å². The van der Waals surface area contributed by atoms with Gasteiger partial charge in [-0.25, -0.2) is 14.8 Å². The summed E-state index contributed by atoms with van der Waals surface area (Å²) in [5, 5.41) is 17.4. The maximum atomic E-state index is 10.8. The van der Waals surface area contributed by atoms with Gasteiger partial charge in [0.1, 0.15) is 11.8 Å². The van der Waals surface area contributed by atoms with Gasteiger partial charge in [0.25, 0.3) is 0 Å². The van der Waals surface area contributed by atoms with Crippen molar-refractivity contribution in [1.29, 1.82) is 5.26 Å². The zero-order valence-corrected chi connectivity index (χ0v) is 7.91. The Labute approximate surface area is 89.8 Å². The number of carboxylic acids is 1. The van der Waals surface area contributed by atoms with Gasteiger partial charge in [-0.15, -0.1) is 0 Å². The number of aromatic nitrogens is 2. The molecule has 0 fully saturated rings. The van der Waals surface area contributed by atoms with Crippen LogP contribution in [0.1, 0.15) is 16.2 Å². The number of rotatable bonds is 2. The van der Waals surface area contributed by atoms with Crippen molar-refractivity contribution in [2.75, 3.05) is 0 Å². The highest BCUT2D eigenvalue weighted by atomic mass is 16.4. The van der Waals surface area contributed by atoms with Crippen LogP contribution in [0.5, 0.6) is 0 Å². The Morgan fingerprint density at radius 3 is 2.81 bits per heavy atom. The molecule has 0 atom stereocenters. The van der Waals surface area contributed by atoms with Crippen LogP contribution in [0.4, 0.5) is 0 Å². The molecule has 2 heterocycles. The fourth-order valence-electron chi connectivity index (χ4n) is 1.20. The van der Waals surface area contributed by atoms with Crippen molar-refractivity contribution in [3.05, 3.63) is 36.1 Å². The SMILES string of the molecule is N#Cc1ccc(-c2ocnc2C(=O)O)cn1. The van der Waals surface area contributed by atoms with Crippen LogP contribution in [0.25, 0.3) is 11.3 Å². The molecule has 0 aliphatic heterocycles. The lowest BCUT2D eigenvalue weighted by molar-refractivity contribution is 0.0691. The Kier molecular flexibility index (Phi) is 2.36. The molecule has 0 saturated heterocycles. The summed E-state index contributed by atoms with van der Waals surface area (Å²) in [5.74, 6) is -1.04. The van der Waals surface area contributed by atoms with Crippen molar-refractivity contribution in [2.45, 2.75) is 0 Å². The molecule has 0 aliphatic rings. The molecule has 0 amide bonds. The average molecular weight is 215 g/mol. The molecule has 0 aliphatic carbocycles. The first-order chi connectivity index (χ1) is 7.72. The van der Waals surface area contributed by atoms with Gasteiger partial charge in [-0.3, -0.25) is 0 Å². The number of carbonyl (C=O) groups is 1. The van der Waals surface area contributed by atoms with Gasteiger partial charge in [-0.05, 0) is 12.1 Å². The molecule has 2 rings (SSSR count). The zero-order valence-electron chi connectivity index (χ0n) is 7.91. The smallest absolute Gasteiger partial charge is 0.358 e. The van der Waals surface area contributed by atoms with Crippen LogP contribution < -0.4 is 0 Å². The number of aromatic carboxylic acids is 1. The summed E-state index contributed by atoms with van der Waals surface area (Å²) in [4.78, 5) is 18.2. The van der Waals surface area contributed by atoms with Gasteiger partial charge in [-0.1, -0.05) is 0 Å². The molecule has 16 heavy (non-hydrogen) atoms. The minimum absolute atomic E-state index is 0.129. The Balaban J connectivity index is 2.47. The van der Waals surface area contributed by atoms with Crippen LogP contribution in [-0.2, 0) is 0 Å². The van der Waals surface area contributed by atoms with Crippen molar-refractivity contribution < 1.29 is 14.3 Å². The standard InChI is InChI=1S/C10H5N3O3/c11-3-7-2-1-6(4-12-7)9-8(10(14)15)13-5-16-9/h1-2,4-5H,(H,14,15). The summed E-state index contributed by atoms with van der Waals surface area (Å²) in [5.41, 5.74) is 0.542. The topological polar surface area (TPSA) is 100 Å². The fraction of sp³-hybridized carbons (Fsp3) is 0. The molecule has 6 nitrogen and oxygen atoms in total. The van der Waals surface area contributed by atoms with Crippen LogP contribution >= 0.6 is 0 Å². The highest BCUT2D eigenvalue weighted by molar-refractivity contribution is 5.91. The minimum Gasteiger partial charge on any atom is -0.476 e. The predicted molar refractivity (Wildman–Crippen MR) is 51.4 cm³/mol. The highest BCUT2D eigenvalue weighted by Crippen LogP contribution is 2.22. The Hall–Kier alpha value is -2.68. The summed E-state index contributed by atoms with van der Waals surface area (Å²) in [6.07, 6.45) is 2.42. The third-order valence-electron chi connectivity index (χ3n) is 1.91. The predicted octanol–water partition coefficient (Wildman–Crippen LogP) is 1.31. The first-order valence-electron chi connectivity index (χ1n) is 4.25. The van der Waals surface area contributed by atoms with Crippen LogP contribution in [0.3, 0.4) is 0 Å². The van der Waals surface area contributed by atoms with Gasteiger partial charge in [-0.2, -0.15) is 5.26 Å². The van der Waals surface area contributed by atoms with E-state index in [0.717, 1.165) is 6.39 Å². The van der Waals surface area contributed by atoms with Gasteiger partial charge >= 0.3 is 5.97 Å². The van der Waals surface area contributed by atoms with Gasteiger partial charge in [0.2, 0.25) is 0 Å². The van der Waals surface area contributed by atoms with E-state index in [9.17, 15) is 4.79 Å². The lowest BCUT2D eigenvalue weighted by atomic mass is 10.2. The molecule has 0 spiro atoms. The van der Waals surface area contributed by atoms with Crippen molar-refractivity contribution >= 4 is 5.97 Å². The normalized spacial score (nSPS) is 9.69. The largest absolute Gasteiger partial charge is 0.476 e. The molecular weight excluding hydrogens is 210 g/mol. The van der Waals surface area contributed by atoms with Crippen molar-refractivity contribution in [1.82, 2.24) is 9.97 Å². The summed E-state index contributed by atoms with van der Waals surface area (Å²) in [6, 6.07) is 4.89. The summed E-state index contributed by atoms with van der Waals surface area (Å²) in [7, 11) is 0. The zero-order chi connectivity index (χ0) is 11.5. The second-order valence-electron chi connectivity index (χ2n) is 2.88. The monoisotopic (exact) mass is 215 g/mol. The molecule has 2 aromatic rings. The molecule has 0 saturated carbocycles. The van der Waals surface area contributed by atoms with Crippen LogP contribution in [0.2, 0.25) is 0 Å². The molecular formula is C10H5N3O3. The van der Waals surface area contributed by atoms with E-state index in [0.29, 0.717) is 5.56 Å².